The number of imide groups is 1. The molecule has 2 N–H and O–H groups in total. The lowest BCUT2D eigenvalue weighted by Crippen LogP contribution is -2.50. The van der Waals surface area contributed by atoms with Gasteiger partial charge in [-0.1, -0.05) is 24.1 Å². The van der Waals surface area contributed by atoms with Crippen molar-refractivity contribution in [1.82, 2.24) is 10.6 Å². The number of terminal acetylenes is 1. The van der Waals surface area contributed by atoms with Crippen molar-refractivity contribution in [3.8, 4) is 18.1 Å². The van der Waals surface area contributed by atoms with Crippen molar-refractivity contribution in [1.29, 1.82) is 0 Å². The lowest BCUT2D eigenvalue weighted by atomic mass is 10.1. The molecule has 2 rings (SSSR count). The van der Waals surface area contributed by atoms with Gasteiger partial charge in [-0.05, 0) is 12.5 Å². The van der Waals surface area contributed by atoms with Gasteiger partial charge in [0.25, 0.3) is 0 Å². The summed E-state index contributed by atoms with van der Waals surface area (Å²) in [5.41, 5.74) is 0.924. The van der Waals surface area contributed by atoms with E-state index in [0.29, 0.717) is 25.1 Å². The standard InChI is InChI=1S/C15H16N2O3/c1-2-9-20-13-6-4-3-5-11(13)10-16-12-7-8-14(18)17-15(12)19/h1,3-6,12,16H,7-10H2,(H,17,18,19). The summed E-state index contributed by atoms with van der Waals surface area (Å²) in [4.78, 5) is 22.7. The number of carbonyl (C=O) groups is 2. The zero-order valence-corrected chi connectivity index (χ0v) is 11.0. The molecule has 0 aromatic heterocycles. The Bertz CT molecular complexity index is 548. The van der Waals surface area contributed by atoms with Crippen LogP contribution in [0.3, 0.4) is 0 Å². The van der Waals surface area contributed by atoms with Crippen LogP contribution in [0.4, 0.5) is 0 Å². The maximum atomic E-state index is 11.6. The average Bonchev–Trinajstić information content (AvgIpc) is 2.45. The van der Waals surface area contributed by atoms with Gasteiger partial charge < -0.3 is 10.1 Å². The minimum Gasteiger partial charge on any atom is -0.481 e. The molecule has 1 heterocycles. The second-order valence-corrected chi connectivity index (χ2v) is 4.49. The zero-order chi connectivity index (χ0) is 14.4. The molecule has 104 valence electrons. The topological polar surface area (TPSA) is 67.4 Å². The Labute approximate surface area is 117 Å². The number of amides is 2. The summed E-state index contributed by atoms with van der Waals surface area (Å²) in [6, 6.07) is 7.14. The van der Waals surface area contributed by atoms with Gasteiger partial charge in [-0.3, -0.25) is 14.9 Å². The van der Waals surface area contributed by atoms with Gasteiger partial charge in [-0.25, -0.2) is 0 Å². The van der Waals surface area contributed by atoms with Gasteiger partial charge in [-0.2, -0.15) is 0 Å². The van der Waals surface area contributed by atoms with E-state index in [0.717, 1.165) is 5.56 Å². The highest BCUT2D eigenvalue weighted by atomic mass is 16.5. The molecular weight excluding hydrogens is 256 g/mol. The van der Waals surface area contributed by atoms with E-state index in [4.69, 9.17) is 11.2 Å². The van der Waals surface area contributed by atoms with Crippen LogP contribution < -0.4 is 15.4 Å². The predicted octanol–water partition coefficient (Wildman–Crippen LogP) is 0.593. The van der Waals surface area contributed by atoms with Crippen molar-refractivity contribution in [3.63, 3.8) is 0 Å². The third-order valence-corrected chi connectivity index (χ3v) is 3.06. The molecule has 0 saturated carbocycles. The van der Waals surface area contributed by atoms with Crippen molar-refractivity contribution < 1.29 is 14.3 Å². The molecule has 0 spiro atoms. The molecule has 1 aliphatic rings. The van der Waals surface area contributed by atoms with Crippen LogP contribution in [0.5, 0.6) is 5.75 Å². The van der Waals surface area contributed by atoms with Crippen molar-refractivity contribution in [2.24, 2.45) is 0 Å². The van der Waals surface area contributed by atoms with Gasteiger partial charge in [0, 0.05) is 18.5 Å². The highest BCUT2D eigenvalue weighted by molar-refractivity contribution is 6.00. The summed E-state index contributed by atoms with van der Waals surface area (Å²) >= 11 is 0. The minimum atomic E-state index is -0.353. The van der Waals surface area contributed by atoms with Gasteiger partial charge in [0.15, 0.2) is 0 Å². The fraction of sp³-hybridized carbons (Fsp3) is 0.333. The number of hydrogen-bond donors (Lipinski definition) is 2. The highest BCUT2D eigenvalue weighted by Gasteiger charge is 2.25. The molecule has 20 heavy (non-hydrogen) atoms. The van der Waals surface area contributed by atoms with E-state index in [1.165, 1.54) is 0 Å². The number of para-hydroxylation sites is 1. The van der Waals surface area contributed by atoms with Crippen LogP contribution in [0, 0.1) is 12.3 Å². The monoisotopic (exact) mass is 272 g/mol. The first-order valence-corrected chi connectivity index (χ1v) is 6.42. The third kappa shape index (κ3) is 3.59. The molecule has 5 nitrogen and oxygen atoms in total. The Hall–Kier alpha value is -2.32. The second-order valence-electron chi connectivity index (χ2n) is 4.49. The molecule has 1 aromatic carbocycles. The number of nitrogens with one attached hydrogen (secondary N) is 2. The van der Waals surface area contributed by atoms with E-state index in [9.17, 15) is 9.59 Å². The second kappa shape index (κ2) is 6.73. The van der Waals surface area contributed by atoms with Gasteiger partial charge in [0.05, 0.1) is 6.04 Å². The molecule has 0 radical (unpaired) electrons. The Morgan fingerprint density at radius 1 is 1.40 bits per heavy atom. The number of hydrogen-bond acceptors (Lipinski definition) is 4. The van der Waals surface area contributed by atoms with Crippen LogP contribution in [0.1, 0.15) is 18.4 Å². The lowest BCUT2D eigenvalue weighted by molar-refractivity contribution is -0.134. The van der Waals surface area contributed by atoms with E-state index in [1.807, 2.05) is 24.3 Å². The number of rotatable bonds is 5. The Morgan fingerprint density at radius 2 is 2.20 bits per heavy atom. The number of benzene rings is 1. The first kappa shape index (κ1) is 14.1. The van der Waals surface area contributed by atoms with Crippen molar-refractivity contribution in [2.75, 3.05) is 6.61 Å². The fourth-order valence-corrected chi connectivity index (χ4v) is 2.03. The van der Waals surface area contributed by atoms with E-state index in [-0.39, 0.29) is 24.5 Å². The maximum absolute atomic E-state index is 11.6. The third-order valence-electron chi connectivity index (χ3n) is 3.06. The summed E-state index contributed by atoms with van der Waals surface area (Å²) < 4.78 is 5.44. The Balaban J connectivity index is 1.95. The van der Waals surface area contributed by atoms with Gasteiger partial charge in [-0.15, -0.1) is 6.42 Å². The van der Waals surface area contributed by atoms with Crippen LogP contribution in [0.2, 0.25) is 0 Å². The summed E-state index contributed by atoms with van der Waals surface area (Å²) in [5.74, 6) is 2.62. The smallest absolute Gasteiger partial charge is 0.243 e. The van der Waals surface area contributed by atoms with E-state index >= 15 is 0 Å². The molecule has 1 atom stereocenters. The Kier molecular flexibility index (Phi) is 4.75. The molecule has 0 bridgehead atoms. The van der Waals surface area contributed by atoms with Crippen LogP contribution in [0.15, 0.2) is 24.3 Å². The molecule has 1 unspecified atom stereocenters. The van der Waals surface area contributed by atoms with Crippen molar-refractivity contribution in [2.45, 2.75) is 25.4 Å². The van der Waals surface area contributed by atoms with Crippen molar-refractivity contribution in [3.05, 3.63) is 29.8 Å². The molecule has 2 amide bonds. The van der Waals surface area contributed by atoms with Gasteiger partial charge in [0.1, 0.15) is 12.4 Å². The largest absolute Gasteiger partial charge is 0.481 e. The summed E-state index contributed by atoms with van der Waals surface area (Å²) in [6.07, 6.45) is 6.04. The molecule has 1 aliphatic heterocycles. The van der Waals surface area contributed by atoms with Crippen LogP contribution in [0.25, 0.3) is 0 Å². The average molecular weight is 272 g/mol. The Morgan fingerprint density at radius 3 is 2.95 bits per heavy atom. The van der Waals surface area contributed by atoms with Gasteiger partial charge in [0.2, 0.25) is 11.8 Å². The quantitative estimate of drug-likeness (QED) is 0.608. The predicted molar refractivity (Wildman–Crippen MR) is 73.8 cm³/mol. The molecule has 0 aliphatic carbocycles. The van der Waals surface area contributed by atoms with Crippen LogP contribution in [-0.2, 0) is 16.1 Å². The summed E-state index contributed by atoms with van der Waals surface area (Å²) in [6.45, 7) is 0.683. The zero-order valence-electron chi connectivity index (χ0n) is 11.0. The molecule has 1 aromatic rings. The van der Waals surface area contributed by atoms with Crippen molar-refractivity contribution >= 4 is 11.8 Å². The number of ether oxygens (including phenoxy) is 1. The summed E-state index contributed by atoms with van der Waals surface area (Å²) in [5, 5.41) is 5.45. The van der Waals surface area contributed by atoms with Crippen LogP contribution >= 0.6 is 0 Å². The van der Waals surface area contributed by atoms with Gasteiger partial charge >= 0.3 is 0 Å². The highest BCUT2D eigenvalue weighted by Crippen LogP contribution is 2.18. The normalized spacial score (nSPS) is 18.2. The summed E-state index contributed by atoms with van der Waals surface area (Å²) in [7, 11) is 0. The minimum absolute atomic E-state index is 0.204. The SMILES string of the molecule is C#CCOc1ccccc1CNC1CCC(=O)NC1=O. The lowest BCUT2D eigenvalue weighted by Gasteiger charge is -2.22. The fourth-order valence-electron chi connectivity index (χ4n) is 2.03. The number of carbonyl (C=O) groups excluding carboxylic acids is 2. The van der Waals surface area contributed by atoms with E-state index in [1.54, 1.807) is 0 Å². The van der Waals surface area contributed by atoms with E-state index in [2.05, 4.69) is 16.6 Å². The molecule has 1 fully saturated rings. The first-order chi connectivity index (χ1) is 9.70. The number of piperidine rings is 1. The maximum Gasteiger partial charge on any atom is 0.243 e. The van der Waals surface area contributed by atoms with Crippen LogP contribution in [-0.4, -0.2) is 24.5 Å². The first-order valence-electron chi connectivity index (χ1n) is 6.42. The molecular formula is C15H16N2O3. The van der Waals surface area contributed by atoms with E-state index < -0.39 is 0 Å². The molecule has 5 heteroatoms. The molecule has 1 saturated heterocycles.